The van der Waals surface area contributed by atoms with Crippen LogP contribution in [-0.2, 0) is 4.74 Å². The van der Waals surface area contributed by atoms with E-state index < -0.39 is 11.9 Å². The number of allylic oxidation sites excluding steroid dienone is 2. The molecule has 0 amide bonds. The zero-order chi connectivity index (χ0) is 18.3. The minimum Gasteiger partial charge on any atom is -0.478 e. The topological polar surface area (TPSA) is 75.6 Å². The van der Waals surface area contributed by atoms with Gasteiger partial charge < -0.3 is 15.2 Å². The van der Waals surface area contributed by atoms with Crippen molar-refractivity contribution in [1.82, 2.24) is 0 Å². The molecule has 0 saturated heterocycles. The van der Waals surface area contributed by atoms with E-state index in [9.17, 15) is 14.7 Å². The maximum Gasteiger partial charge on any atom is 0.339 e. The number of carbonyl (C=O) groups is 2. The zero-order valence-electron chi connectivity index (χ0n) is 14.3. The maximum absolute atomic E-state index is 12.2. The van der Waals surface area contributed by atoms with Gasteiger partial charge in [-0.1, -0.05) is 42.5 Å². The first-order valence-corrected chi connectivity index (χ1v) is 8.58. The Morgan fingerprint density at radius 3 is 2.58 bits per heavy atom. The smallest absolute Gasteiger partial charge is 0.339 e. The molecule has 132 valence electrons. The number of esters is 1. The molecule has 1 heterocycles. The van der Waals surface area contributed by atoms with Crippen molar-refractivity contribution in [3.05, 3.63) is 76.9 Å². The van der Waals surface area contributed by atoms with Gasteiger partial charge in [-0.25, -0.2) is 9.59 Å². The van der Waals surface area contributed by atoms with Crippen LogP contribution in [0.25, 0.3) is 0 Å². The summed E-state index contributed by atoms with van der Waals surface area (Å²) in [5.41, 5.74) is 3.29. The monoisotopic (exact) mass is 349 g/mol. The van der Waals surface area contributed by atoms with E-state index in [1.54, 1.807) is 18.2 Å². The molecule has 5 nitrogen and oxygen atoms in total. The van der Waals surface area contributed by atoms with Gasteiger partial charge in [-0.2, -0.15) is 0 Å². The molecule has 0 bridgehead atoms. The van der Waals surface area contributed by atoms with Crippen molar-refractivity contribution >= 4 is 17.6 Å². The molecule has 2 aromatic carbocycles. The number of aromatic carboxylic acids is 1. The van der Waals surface area contributed by atoms with E-state index in [1.165, 1.54) is 7.11 Å². The standard InChI is InChI=1S/C21H19NO4/c1-26-21(25)17-11-5-10-14-12-8-4-9-13(12)18(22-19(14)17)15-6-2-3-7-16(15)20(23)24/h2-8,10-13,18,22H,9H2,1H3,(H,23,24)/t12-,13+,18+/m1/s1. The fourth-order valence-corrected chi connectivity index (χ4v) is 4.17. The Labute approximate surface area is 151 Å². The fraction of sp³-hybridized carbons (Fsp3) is 0.238. The summed E-state index contributed by atoms with van der Waals surface area (Å²) < 4.78 is 4.93. The van der Waals surface area contributed by atoms with E-state index >= 15 is 0 Å². The van der Waals surface area contributed by atoms with Crippen molar-refractivity contribution < 1.29 is 19.4 Å². The van der Waals surface area contributed by atoms with E-state index in [1.807, 2.05) is 24.3 Å². The summed E-state index contributed by atoms with van der Waals surface area (Å²) in [6.07, 6.45) is 5.15. The van der Waals surface area contributed by atoms with Gasteiger partial charge in [0.2, 0.25) is 0 Å². The minimum atomic E-state index is -0.947. The number of rotatable bonds is 3. The normalized spacial score (nSPS) is 22.9. The molecule has 26 heavy (non-hydrogen) atoms. The van der Waals surface area contributed by atoms with Gasteiger partial charge in [-0.3, -0.25) is 0 Å². The van der Waals surface area contributed by atoms with Crippen LogP contribution >= 0.6 is 0 Å². The van der Waals surface area contributed by atoms with E-state index in [-0.39, 0.29) is 23.4 Å². The summed E-state index contributed by atoms with van der Waals surface area (Å²) in [5.74, 6) is -1.00. The highest BCUT2D eigenvalue weighted by molar-refractivity contribution is 5.97. The summed E-state index contributed by atoms with van der Waals surface area (Å²) in [5, 5.41) is 13.1. The molecule has 0 aromatic heterocycles. The van der Waals surface area contributed by atoms with Crippen molar-refractivity contribution in [3.63, 3.8) is 0 Å². The van der Waals surface area contributed by atoms with Gasteiger partial charge in [0.15, 0.2) is 0 Å². The Balaban J connectivity index is 1.87. The van der Waals surface area contributed by atoms with Crippen LogP contribution in [0.4, 0.5) is 5.69 Å². The van der Waals surface area contributed by atoms with Gasteiger partial charge in [0.1, 0.15) is 0 Å². The number of carbonyl (C=O) groups excluding carboxylic acids is 1. The maximum atomic E-state index is 12.2. The van der Waals surface area contributed by atoms with Gasteiger partial charge in [0, 0.05) is 5.92 Å². The Morgan fingerprint density at radius 1 is 1.08 bits per heavy atom. The third-order valence-electron chi connectivity index (χ3n) is 5.33. The molecule has 0 fully saturated rings. The second-order valence-electron chi connectivity index (χ2n) is 6.63. The first kappa shape index (κ1) is 16.4. The molecule has 1 aliphatic carbocycles. The molecular weight excluding hydrogens is 330 g/mol. The number of anilines is 1. The molecule has 2 aliphatic rings. The highest BCUT2D eigenvalue weighted by Gasteiger charge is 2.40. The molecular formula is C21H19NO4. The van der Waals surface area contributed by atoms with E-state index in [2.05, 4.69) is 17.5 Å². The van der Waals surface area contributed by atoms with E-state index in [0.29, 0.717) is 5.56 Å². The molecule has 0 unspecified atom stereocenters. The predicted molar refractivity (Wildman–Crippen MR) is 97.5 cm³/mol. The van der Waals surface area contributed by atoms with Crippen molar-refractivity contribution in [2.75, 3.05) is 12.4 Å². The summed E-state index contributed by atoms with van der Waals surface area (Å²) in [6.45, 7) is 0. The lowest BCUT2D eigenvalue weighted by Gasteiger charge is -2.38. The molecule has 2 aromatic rings. The second kappa shape index (κ2) is 6.33. The van der Waals surface area contributed by atoms with Crippen LogP contribution in [-0.4, -0.2) is 24.2 Å². The largest absolute Gasteiger partial charge is 0.478 e. The average Bonchev–Trinajstić information content (AvgIpc) is 3.16. The third-order valence-corrected chi connectivity index (χ3v) is 5.33. The summed E-state index contributed by atoms with van der Waals surface area (Å²) >= 11 is 0. The van der Waals surface area contributed by atoms with Crippen LogP contribution in [0.1, 0.15) is 50.2 Å². The first-order chi connectivity index (χ1) is 12.6. The van der Waals surface area contributed by atoms with Crippen molar-refractivity contribution in [1.29, 1.82) is 0 Å². The number of ether oxygens (including phenoxy) is 1. The minimum absolute atomic E-state index is 0.141. The van der Waals surface area contributed by atoms with Gasteiger partial charge in [-0.15, -0.1) is 0 Å². The van der Waals surface area contributed by atoms with Crippen LogP contribution < -0.4 is 5.32 Å². The number of methoxy groups -OCH3 is 1. The Hall–Kier alpha value is -3.08. The molecule has 0 saturated carbocycles. The molecule has 2 N–H and O–H groups in total. The van der Waals surface area contributed by atoms with Crippen LogP contribution in [0.2, 0.25) is 0 Å². The number of carboxylic acids is 1. The van der Waals surface area contributed by atoms with Crippen LogP contribution in [0, 0.1) is 5.92 Å². The van der Waals surface area contributed by atoms with Crippen molar-refractivity contribution in [3.8, 4) is 0 Å². The Kier molecular flexibility index (Phi) is 3.99. The van der Waals surface area contributed by atoms with Gasteiger partial charge >= 0.3 is 11.9 Å². The molecule has 1 aliphatic heterocycles. The number of para-hydroxylation sites is 1. The predicted octanol–water partition coefficient (Wildman–Crippen LogP) is 4.00. The molecule has 4 rings (SSSR count). The molecule has 0 radical (unpaired) electrons. The number of nitrogens with one attached hydrogen (secondary N) is 1. The molecule has 5 heteroatoms. The fourth-order valence-electron chi connectivity index (χ4n) is 4.17. The average molecular weight is 349 g/mol. The summed E-state index contributed by atoms with van der Waals surface area (Å²) in [7, 11) is 1.36. The van der Waals surface area contributed by atoms with Gasteiger partial charge in [-0.05, 0) is 35.6 Å². The number of fused-ring (bicyclic) bond motifs is 3. The highest BCUT2D eigenvalue weighted by atomic mass is 16.5. The summed E-state index contributed by atoms with van der Waals surface area (Å²) in [4.78, 5) is 23.9. The van der Waals surface area contributed by atoms with Crippen molar-refractivity contribution in [2.24, 2.45) is 5.92 Å². The SMILES string of the molecule is COC(=O)c1cccc2c1N[C@H](c1ccccc1C(=O)O)[C@H]1CC=C[C@@H]21. The lowest BCUT2D eigenvalue weighted by Crippen LogP contribution is -2.31. The summed E-state index contributed by atoms with van der Waals surface area (Å²) in [6, 6.07) is 12.5. The number of hydrogen-bond donors (Lipinski definition) is 2. The molecule has 0 spiro atoms. The van der Waals surface area contributed by atoms with E-state index in [4.69, 9.17) is 4.74 Å². The quantitative estimate of drug-likeness (QED) is 0.647. The Bertz CT molecular complexity index is 918. The Morgan fingerprint density at radius 2 is 1.81 bits per heavy atom. The third kappa shape index (κ3) is 2.47. The van der Waals surface area contributed by atoms with Crippen LogP contribution in [0.5, 0.6) is 0 Å². The lowest BCUT2D eigenvalue weighted by atomic mass is 9.75. The molecule has 3 atom stereocenters. The van der Waals surface area contributed by atoms with Crippen molar-refractivity contribution in [2.45, 2.75) is 18.4 Å². The second-order valence-corrected chi connectivity index (χ2v) is 6.63. The number of hydrogen-bond acceptors (Lipinski definition) is 4. The number of carboxylic acid groups (broad SMARTS) is 1. The van der Waals surface area contributed by atoms with Crippen LogP contribution in [0.3, 0.4) is 0 Å². The lowest BCUT2D eigenvalue weighted by molar-refractivity contribution is 0.0600. The highest BCUT2D eigenvalue weighted by Crippen LogP contribution is 2.51. The first-order valence-electron chi connectivity index (χ1n) is 8.58. The zero-order valence-corrected chi connectivity index (χ0v) is 14.3. The number of benzene rings is 2. The van der Waals surface area contributed by atoms with Gasteiger partial charge in [0.05, 0.1) is 30.0 Å². The van der Waals surface area contributed by atoms with E-state index in [0.717, 1.165) is 23.2 Å². The van der Waals surface area contributed by atoms with Crippen LogP contribution in [0.15, 0.2) is 54.6 Å². The van der Waals surface area contributed by atoms with Gasteiger partial charge in [0.25, 0.3) is 0 Å².